The van der Waals surface area contributed by atoms with Gasteiger partial charge in [0.05, 0.1) is 36.5 Å². The Balaban J connectivity index is 0.958. The van der Waals surface area contributed by atoms with E-state index in [1.165, 1.54) is 0 Å². The molecule has 2 fully saturated rings. The van der Waals surface area contributed by atoms with Crippen molar-refractivity contribution < 1.29 is 47.6 Å². The van der Waals surface area contributed by atoms with Gasteiger partial charge in [-0.1, -0.05) is 25.0 Å². The number of fused-ring (bicyclic) bond motifs is 1. The van der Waals surface area contributed by atoms with Gasteiger partial charge in [-0.25, -0.2) is 9.59 Å². The summed E-state index contributed by atoms with van der Waals surface area (Å²) in [7, 11) is 0. The van der Waals surface area contributed by atoms with E-state index in [0.717, 1.165) is 62.5 Å². The van der Waals surface area contributed by atoms with Crippen LogP contribution in [0, 0.1) is 0 Å². The van der Waals surface area contributed by atoms with Gasteiger partial charge in [-0.15, -0.1) is 0 Å². The van der Waals surface area contributed by atoms with Crippen LogP contribution in [-0.4, -0.2) is 49.3 Å². The number of hydrogen-bond acceptors (Lipinski definition) is 10. The van der Waals surface area contributed by atoms with Crippen LogP contribution in [0.4, 0.5) is 0 Å². The van der Waals surface area contributed by atoms with Gasteiger partial charge in [0.2, 0.25) is 0 Å². The molecule has 2 aliphatic rings. The standard InChI is InChI=1S/C38H36O10/c39-35(7-3-1-5-33-23-43-33)45-29-15-9-25(10-16-29)37(41)47-31-19-13-28-22-32(20-14-27(28)21-31)48-38(42)26-11-17-30(18-12-26)46-36(40)8-4-2-6-34-24-44-34/h9-22,33-34H,1-8,23-24H2. The van der Waals surface area contributed by atoms with E-state index in [-0.39, 0.29) is 11.9 Å². The number of epoxide rings is 2. The van der Waals surface area contributed by atoms with Crippen molar-refractivity contribution in [3.63, 3.8) is 0 Å². The first-order chi connectivity index (χ1) is 23.4. The maximum absolute atomic E-state index is 12.8. The van der Waals surface area contributed by atoms with Crippen molar-refractivity contribution in [2.24, 2.45) is 0 Å². The highest BCUT2D eigenvalue weighted by molar-refractivity contribution is 5.94. The molecule has 10 nitrogen and oxygen atoms in total. The molecule has 4 aromatic carbocycles. The fraction of sp³-hybridized carbons (Fsp3) is 0.316. The van der Waals surface area contributed by atoms with E-state index in [1.54, 1.807) is 84.9 Å². The van der Waals surface area contributed by atoms with Crippen molar-refractivity contribution in [1.82, 2.24) is 0 Å². The Hall–Kier alpha value is -5.06. The molecule has 0 spiro atoms. The van der Waals surface area contributed by atoms with Gasteiger partial charge in [0.25, 0.3) is 0 Å². The molecule has 248 valence electrons. The second kappa shape index (κ2) is 15.7. The Morgan fingerprint density at radius 1 is 0.500 bits per heavy atom. The van der Waals surface area contributed by atoms with Crippen molar-refractivity contribution in [3.8, 4) is 23.0 Å². The van der Waals surface area contributed by atoms with E-state index >= 15 is 0 Å². The van der Waals surface area contributed by atoms with Gasteiger partial charge < -0.3 is 28.4 Å². The largest absolute Gasteiger partial charge is 0.427 e. The van der Waals surface area contributed by atoms with Crippen LogP contribution in [0.15, 0.2) is 84.9 Å². The summed E-state index contributed by atoms with van der Waals surface area (Å²) in [4.78, 5) is 49.7. The smallest absolute Gasteiger partial charge is 0.343 e. The molecule has 0 bridgehead atoms. The normalized spacial score (nSPS) is 16.2. The molecule has 2 heterocycles. The summed E-state index contributed by atoms with van der Waals surface area (Å²) >= 11 is 0. The predicted octanol–water partition coefficient (Wildman–Crippen LogP) is 7.01. The average Bonchev–Trinajstić information content (AvgIpc) is 4.02. The lowest BCUT2D eigenvalue weighted by Gasteiger charge is -2.09. The second-order valence-electron chi connectivity index (χ2n) is 11.8. The maximum Gasteiger partial charge on any atom is 0.343 e. The number of unbranched alkanes of at least 4 members (excludes halogenated alkanes) is 2. The monoisotopic (exact) mass is 652 g/mol. The van der Waals surface area contributed by atoms with Gasteiger partial charge in [-0.2, -0.15) is 0 Å². The summed E-state index contributed by atoms with van der Waals surface area (Å²) in [6.45, 7) is 1.64. The van der Waals surface area contributed by atoms with Crippen LogP contribution < -0.4 is 18.9 Å². The number of hydrogen-bond donors (Lipinski definition) is 0. The van der Waals surface area contributed by atoms with Crippen LogP contribution in [0.5, 0.6) is 23.0 Å². The number of carbonyl (C=O) groups excluding carboxylic acids is 4. The van der Waals surface area contributed by atoms with E-state index in [9.17, 15) is 19.2 Å². The molecule has 2 aliphatic heterocycles. The number of esters is 4. The van der Waals surface area contributed by atoms with Gasteiger partial charge in [0.1, 0.15) is 23.0 Å². The minimum absolute atomic E-state index is 0.308. The van der Waals surface area contributed by atoms with Crippen LogP contribution in [0.2, 0.25) is 0 Å². The first kappa shape index (κ1) is 32.9. The summed E-state index contributed by atoms with van der Waals surface area (Å²) < 4.78 is 32.2. The Morgan fingerprint density at radius 3 is 1.25 bits per heavy atom. The molecule has 0 N–H and O–H groups in total. The predicted molar refractivity (Wildman–Crippen MR) is 174 cm³/mol. The van der Waals surface area contributed by atoms with Crippen molar-refractivity contribution in [1.29, 1.82) is 0 Å². The van der Waals surface area contributed by atoms with Gasteiger partial charge >= 0.3 is 23.9 Å². The van der Waals surface area contributed by atoms with E-state index in [2.05, 4.69) is 0 Å². The maximum atomic E-state index is 12.8. The minimum Gasteiger partial charge on any atom is -0.427 e. The highest BCUT2D eigenvalue weighted by Crippen LogP contribution is 2.27. The van der Waals surface area contributed by atoms with E-state index < -0.39 is 11.9 Å². The van der Waals surface area contributed by atoms with E-state index in [4.69, 9.17) is 28.4 Å². The topological polar surface area (TPSA) is 130 Å². The number of ether oxygens (including phenoxy) is 6. The minimum atomic E-state index is -0.555. The van der Waals surface area contributed by atoms with Gasteiger partial charge in [-0.3, -0.25) is 9.59 Å². The zero-order valence-electron chi connectivity index (χ0n) is 26.4. The summed E-state index contributed by atoms with van der Waals surface area (Å²) in [5.74, 6) is -0.319. The molecule has 4 aromatic rings. The Bertz CT molecular complexity index is 1620. The molecule has 6 rings (SSSR count). The fourth-order valence-corrected chi connectivity index (χ4v) is 5.10. The fourth-order valence-electron chi connectivity index (χ4n) is 5.10. The van der Waals surface area contributed by atoms with Crippen molar-refractivity contribution in [2.45, 2.75) is 63.6 Å². The molecule has 2 unspecified atom stereocenters. The SMILES string of the molecule is O=C(CCCCC1CO1)Oc1ccc(C(=O)Oc2ccc3cc(OC(=O)c4ccc(OC(=O)CCCCC5CO5)cc4)ccc3c2)cc1. The van der Waals surface area contributed by atoms with E-state index in [0.29, 0.717) is 59.2 Å². The van der Waals surface area contributed by atoms with Crippen LogP contribution in [-0.2, 0) is 19.1 Å². The van der Waals surface area contributed by atoms with E-state index in [1.807, 2.05) is 0 Å². The lowest BCUT2D eigenvalue weighted by atomic mass is 10.1. The third kappa shape index (κ3) is 9.97. The third-order valence-corrected chi connectivity index (χ3v) is 7.97. The number of rotatable bonds is 16. The van der Waals surface area contributed by atoms with Crippen LogP contribution in [0.25, 0.3) is 10.8 Å². The second-order valence-corrected chi connectivity index (χ2v) is 11.8. The first-order valence-corrected chi connectivity index (χ1v) is 16.2. The highest BCUT2D eigenvalue weighted by atomic mass is 16.6. The highest BCUT2D eigenvalue weighted by Gasteiger charge is 2.22. The van der Waals surface area contributed by atoms with Crippen LogP contribution in [0.3, 0.4) is 0 Å². The molecule has 48 heavy (non-hydrogen) atoms. The molecule has 10 heteroatoms. The zero-order chi connectivity index (χ0) is 33.3. The van der Waals surface area contributed by atoms with Gasteiger partial charge in [0.15, 0.2) is 0 Å². The molecule has 0 radical (unpaired) electrons. The van der Waals surface area contributed by atoms with Crippen molar-refractivity contribution in [2.75, 3.05) is 13.2 Å². The quantitative estimate of drug-likeness (QED) is 0.0539. The molecule has 0 amide bonds. The Morgan fingerprint density at radius 2 is 0.875 bits per heavy atom. The number of carbonyl (C=O) groups is 4. The summed E-state index contributed by atoms with van der Waals surface area (Å²) in [6, 6.07) is 22.7. The Labute approximate surface area is 277 Å². The van der Waals surface area contributed by atoms with Crippen LogP contribution in [0.1, 0.15) is 72.1 Å². The summed E-state index contributed by atoms with van der Waals surface area (Å²) in [5, 5.41) is 1.55. The number of benzene rings is 4. The molecule has 2 atom stereocenters. The Kier molecular flexibility index (Phi) is 10.7. The molecule has 2 saturated heterocycles. The van der Waals surface area contributed by atoms with Gasteiger partial charge in [-0.05, 0) is 109 Å². The van der Waals surface area contributed by atoms with Crippen molar-refractivity contribution in [3.05, 3.63) is 96.1 Å². The first-order valence-electron chi connectivity index (χ1n) is 16.2. The molecule has 0 aliphatic carbocycles. The summed E-state index contributed by atoms with van der Waals surface area (Å²) in [5.41, 5.74) is 0.616. The van der Waals surface area contributed by atoms with Gasteiger partial charge in [0, 0.05) is 12.8 Å². The molecule has 0 aromatic heterocycles. The van der Waals surface area contributed by atoms with Crippen LogP contribution >= 0.6 is 0 Å². The molecular weight excluding hydrogens is 616 g/mol. The van der Waals surface area contributed by atoms with Crippen molar-refractivity contribution >= 4 is 34.6 Å². The summed E-state index contributed by atoms with van der Waals surface area (Å²) in [6.07, 6.45) is 6.64. The lowest BCUT2D eigenvalue weighted by molar-refractivity contribution is -0.135. The zero-order valence-corrected chi connectivity index (χ0v) is 26.4. The third-order valence-electron chi connectivity index (χ3n) is 7.97. The lowest BCUT2D eigenvalue weighted by Crippen LogP contribution is -2.10. The average molecular weight is 653 g/mol. The molecular formula is C38H36O10. The molecule has 0 saturated carbocycles.